The number of halogens is 1. The van der Waals surface area contributed by atoms with Crippen LogP contribution in [-0.2, 0) is 0 Å². The number of hydrogen-bond donors (Lipinski definition) is 2. The lowest BCUT2D eigenvalue weighted by Crippen LogP contribution is -2.27. The molecule has 2 nitrogen and oxygen atoms in total. The third-order valence-corrected chi connectivity index (χ3v) is 3.46. The first-order valence-corrected chi connectivity index (χ1v) is 6.43. The number of nitrogens with two attached hydrogens (primary N) is 1. The molecule has 104 valence electrons. The predicted molar refractivity (Wildman–Crippen MR) is 80.2 cm³/mol. The summed E-state index contributed by atoms with van der Waals surface area (Å²) in [4.78, 5) is 0. The molecule has 0 aliphatic carbocycles. The Labute approximate surface area is 117 Å². The van der Waals surface area contributed by atoms with E-state index in [0.717, 1.165) is 18.4 Å². The summed E-state index contributed by atoms with van der Waals surface area (Å²) >= 11 is 0. The molecule has 2 atom stereocenters. The Morgan fingerprint density at radius 2 is 1.78 bits per heavy atom. The number of rotatable bonds is 5. The zero-order valence-electron chi connectivity index (χ0n) is 11.8. The van der Waals surface area contributed by atoms with Crippen molar-refractivity contribution in [1.82, 2.24) is 0 Å². The zero-order chi connectivity index (χ0) is 13.0. The summed E-state index contributed by atoms with van der Waals surface area (Å²) in [6, 6.07) is 5.83. The first-order chi connectivity index (χ1) is 7.93. The van der Waals surface area contributed by atoms with Crippen LogP contribution in [0.2, 0.25) is 0 Å². The van der Waals surface area contributed by atoms with Crippen molar-refractivity contribution in [1.29, 1.82) is 0 Å². The average Bonchev–Trinajstić information content (AvgIpc) is 2.28. The van der Waals surface area contributed by atoms with Crippen LogP contribution in [0.5, 0.6) is 0 Å². The smallest absolute Gasteiger partial charge is 0.0733 e. The molecule has 0 saturated heterocycles. The molecular weight excluding hydrogens is 246 g/mol. The monoisotopic (exact) mass is 271 g/mol. The van der Waals surface area contributed by atoms with Crippen molar-refractivity contribution in [2.45, 2.75) is 52.7 Å². The van der Waals surface area contributed by atoms with Crippen molar-refractivity contribution in [3.63, 3.8) is 0 Å². The fourth-order valence-electron chi connectivity index (χ4n) is 2.03. The molecule has 0 bridgehead atoms. The summed E-state index contributed by atoms with van der Waals surface area (Å²) < 4.78 is 0. The highest BCUT2D eigenvalue weighted by Crippen LogP contribution is 2.23. The number of aryl methyl sites for hydroxylation is 1. The lowest BCUT2D eigenvalue weighted by atomic mass is 9.92. The fourth-order valence-corrected chi connectivity index (χ4v) is 2.03. The van der Waals surface area contributed by atoms with E-state index in [1.807, 2.05) is 12.1 Å². The molecule has 0 unspecified atom stereocenters. The van der Waals surface area contributed by atoms with Gasteiger partial charge in [0.25, 0.3) is 0 Å². The highest BCUT2D eigenvalue weighted by atomic mass is 35.5. The van der Waals surface area contributed by atoms with Crippen LogP contribution < -0.4 is 5.73 Å². The molecule has 0 aromatic heterocycles. The van der Waals surface area contributed by atoms with E-state index in [9.17, 15) is 5.11 Å². The zero-order valence-corrected chi connectivity index (χ0v) is 12.6. The van der Waals surface area contributed by atoms with Gasteiger partial charge in [-0.15, -0.1) is 12.4 Å². The lowest BCUT2D eigenvalue weighted by molar-refractivity contribution is 0.128. The quantitative estimate of drug-likeness (QED) is 0.861. The molecule has 0 saturated carbocycles. The average molecular weight is 272 g/mol. The van der Waals surface area contributed by atoms with Crippen molar-refractivity contribution >= 4 is 12.4 Å². The Morgan fingerprint density at radius 3 is 2.33 bits per heavy atom. The number of hydrogen-bond acceptors (Lipinski definition) is 2. The van der Waals surface area contributed by atoms with Crippen LogP contribution in [0.1, 0.15) is 49.4 Å². The van der Waals surface area contributed by atoms with Crippen LogP contribution in [0.3, 0.4) is 0 Å². The maximum Gasteiger partial charge on any atom is 0.0733 e. The Kier molecular flexibility index (Phi) is 7.53. The topological polar surface area (TPSA) is 46.2 Å². The SMILES string of the molecule is Cc1cccc([C@@H](N)[C@@H](O)CCC(C)C)c1C.Cl. The molecule has 0 fully saturated rings. The molecule has 18 heavy (non-hydrogen) atoms. The van der Waals surface area contributed by atoms with Crippen LogP contribution in [0.4, 0.5) is 0 Å². The van der Waals surface area contributed by atoms with Crippen LogP contribution >= 0.6 is 12.4 Å². The van der Waals surface area contributed by atoms with Gasteiger partial charge in [0.1, 0.15) is 0 Å². The maximum atomic E-state index is 10.1. The molecule has 1 aromatic carbocycles. The van der Waals surface area contributed by atoms with E-state index in [1.165, 1.54) is 11.1 Å². The molecule has 3 heteroatoms. The van der Waals surface area contributed by atoms with Gasteiger partial charge in [-0.25, -0.2) is 0 Å². The summed E-state index contributed by atoms with van der Waals surface area (Å²) in [6.45, 7) is 8.47. The van der Waals surface area contributed by atoms with Gasteiger partial charge < -0.3 is 10.8 Å². The van der Waals surface area contributed by atoms with E-state index >= 15 is 0 Å². The second kappa shape index (κ2) is 7.78. The minimum Gasteiger partial charge on any atom is -0.391 e. The van der Waals surface area contributed by atoms with Crippen LogP contribution in [0, 0.1) is 19.8 Å². The number of benzene rings is 1. The van der Waals surface area contributed by atoms with Gasteiger partial charge in [-0.2, -0.15) is 0 Å². The summed E-state index contributed by atoms with van der Waals surface area (Å²) in [5, 5.41) is 10.1. The first kappa shape index (κ1) is 17.4. The molecule has 1 rings (SSSR count). The Balaban J connectivity index is 0.00000289. The molecule has 0 spiro atoms. The van der Waals surface area contributed by atoms with Gasteiger partial charge in [-0.3, -0.25) is 0 Å². The number of aliphatic hydroxyl groups is 1. The van der Waals surface area contributed by atoms with E-state index < -0.39 is 6.10 Å². The van der Waals surface area contributed by atoms with E-state index in [0.29, 0.717) is 5.92 Å². The lowest BCUT2D eigenvalue weighted by Gasteiger charge is -2.22. The Hall–Kier alpha value is -0.570. The van der Waals surface area contributed by atoms with E-state index in [4.69, 9.17) is 5.73 Å². The molecule has 3 N–H and O–H groups in total. The third kappa shape index (κ3) is 4.60. The molecule has 0 aliphatic rings. The molecule has 0 amide bonds. The molecular formula is C15H26ClNO. The fraction of sp³-hybridized carbons (Fsp3) is 0.600. The molecule has 0 radical (unpaired) electrons. The van der Waals surface area contributed by atoms with Crippen molar-refractivity contribution in [2.75, 3.05) is 0 Å². The number of aliphatic hydroxyl groups excluding tert-OH is 1. The minimum atomic E-state index is -0.446. The van der Waals surface area contributed by atoms with Gasteiger partial charge in [-0.1, -0.05) is 32.0 Å². The van der Waals surface area contributed by atoms with Gasteiger partial charge in [0, 0.05) is 0 Å². The Bertz CT molecular complexity index is 366. The predicted octanol–water partition coefficient (Wildman–Crippen LogP) is 3.52. The normalized spacial score (nSPS) is 14.2. The van der Waals surface area contributed by atoms with Gasteiger partial charge in [-0.05, 0) is 49.3 Å². The van der Waals surface area contributed by atoms with Crippen molar-refractivity contribution in [3.05, 3.63) is 34.9 Å². The first-order valence-electron chi connectivity index (χ1n) is 6.43. The van der Waals surface area contributed by atoms with Gasteiger partial charge in [0.05, 0.1) is 12.1 Å². The van der Waals surface area contributed by atoms with Crippen LogP contribution in [-0.4, -0.2) is 11.2 Å². The minimum absolute atomic E-state index is 0. The second-order valence-corrected chi connectivity index (χ2v) is 5.35. The van der Waals surface area contributed by atoms with E-state index in [1.54, 1.807) is 0 Å². The van der Waals surface area contributed by atoms with Gasteiger partial charge >= 0.3 is 0 Å². The summed E-state index contributed by atoms with van der Waals surface area (Å²) in [5.74, 6) is 0.607. The summed E-state index contributed by atoms with van der Waals surface area (Å²) in [6.07, 6.45) is 1.34. The second-order valence-electron chi connectivity index (χ2n) is 5.35. The highest BCUT2D eigenvalue weighted by molar-refractivity contribution is 5.85. The van der Waals surface area contributed by atoms with Crippen molar-refractivity contribution in [2.24, 2.45) is 11.7 Å². The maximum absolute atomic E-state index is 10.1. The van der Waals surface area contributed by atoms with E-state index in [2.05, 4.69) is 33.8 Å². The highest BCUT2D eigenvalue weighted by Gasteiger charge is 2.19. The Morgan fingerprint density at radius 1 is 1.17 bits per heavy atom. The molecule has 0 heterocycles. The van der Waals surface area contributed by atoms with Gasteiger partial charge in [0.2, 0.25) is 0 Å². The summed E-state index contributed by atoms with van der Waals surface area (Å²) in [5.41, 5.74) is 9.64. The van der Waals surface area contributed by atoms with Gasteiger partial charge in [0.15, 0.2) is 0 Å². The summed E-state index contributed by atoms with van der Waals surface area (Å²) in [7, 11) is 0. The van der Waals surface area contributed by atoms with Crippen LogP contribution in [0.15, 0.2) is 18.2 Å². The molecule has 0 aliphatic heterocycles. The third-order valence-electron chi connectivity index (χ3n) is 3.46. The van der Waals surface area contributed by atoms with Crippen molar-refractivity contribution in [3.8, 4) is 0 Å². The van der Waals surface area contributed by atoms with Crippen LogP contribution in [0.25, 0.3) is 0 Å². The standard InChI is InChI=1S/C15H25NO.ClH/c1-10(2)8-9-14(17)15(16)13-7-5-6-11(3)12(13)4;/h5-7,10,14-15,17H,8-9,16H2,1-4H3;1H/t14-,15+;/m0./s1. The van der Waals surface area contributed by atoms with Crippen molar-refractivity contribution < 1.29 is 5.11 Å². The van der Waals surface area contributed by atoms with E-state index in [-0.39, 0.29) is 18.4 Å². The largest absolute Gasteiger partial charge is 0.391 e. The molecule has 1 aromatic rings.